The first-order valence-electron chi connectivity index (χ1n) is 7.72. The SMILES string of the molecule is CSc1ccccc1NC(=O)CN(C)S(=O)(=O)c1ccc(Cl)cc1C(F)(F)F. The van der Waals surface area contributed by atoms with E-state index in [1.165, 1.54) is 11.8 Å². The summed E-state index contributed by atoms with van der Waals surface area (Å²) in [6.45, 7) is -0.662. The second-order valence-corrected chi connectivity index (χ2v) is 8.95. The first kappa shape index (κ1) is 22.5. The number of benzene rings is 2. The fourth-order valence-electron chi connectivity index (χ4n) is 2.34. The van der Waals surface area contributed by atoms with Gasteiger partial charge in [-0.2, -0.15) is 17.5 Å². The summed E-state index contributed by atoms with van der Waals surface area (Å²) < 4.78 is 65.5. The molecule has 1 amide bonds. The van der Waals surface area contributed by atoms with Crippen molar-refractivity contribution in [1.82, 2.24) is 4.31 Å². The van der Waals surface area contributed by atoms with Crippen molar-refractivity contribution in [3.8, 4) is 0 Å². The van der Waals surface area contributed by atoms with Crippen molar-refractivity contribution < 1.29 is 26.4 Å². The summed E-state index contributed by atoms with van der Waals surface area (Å²) in [5, 5.41) is 2.31. The normalized spacial score (nSPS) is 12.2. The maximum absolute atomic E-state index is 13.2. The number of thioether (sulfide) groups is 1. The summed E-state index contributed by atoms with van der Waals surface area (Å²) in [5.41, 5.74) is -0.909. The number of rotatable bonds is 6. The molecule has 0 saturated carbocycles. The van der Waals surface area contributed by atoms with Crippen LogP contribution in [-0.4, -0.2) is 38.5 Å². The summed E-state index contributed by atoms with van der Waals surface area (Å²) in [4.78, 5) is 12.0. The smallest absolute Gasteiger partial charge is 0.324 e. The van der Waals surface area contributed by atoms with Crippen LogP contribution >= 0.6 is 23.4 Å². The van der Waals surface area contributed by atoms with Crippen LogP contribution in [0.15, 0.2) is 52.3 Å². The lowest BCUT2D eigenvalue weighted by molar-refractivity contribution is -0.139. The predicted molar refractivity (Wildman–Crippen MR) is 103 cm³/mol. The molecule has 0 bridgehead atoms. The number of hydrogen-bond donors (Lipinski definition) is 1. The van der Waals surface area contributed by atoms with E-state index >= 15 is 0 Å². The van der Waals surface area contributed by atoms with Gasteiger partial charge >= 0.3 is 6.18 Å². The van der Waals surface area contributed by atoms with Crippen LogP contribution in [0.1, 0.15) is 5.56 Å². The Morgan fingerprint density at radius 2 is 1.86 bits per heavy atom. The van der Waals surface area contributed by atoms with E-state index in [1.54, 1.807) is 30.5 Å². The number of halogens is 4. The minimum Gasteiger partial charge on any atom is -0.324 e. The minimum atomic E-state index is -4.92. The molecule has 2 aromatic carbocycles. The molecule has 0 spiro atoms. The number of para-hydroxylation sites is 1. The molecule has 0 atom stereocenters. The van der Waals surface area contributed by atoms with Gasteiger partial charge in [-0.25, -0.2) is 8.42 Å². The Balaban J connectivity index is 2.26. The van der Waals surface area contributed by atoms with Gasteiger partial charge < -0.3 is 5.32 Å². The quantitative estimate of drug-likeness (QED) is 0.662. The molecule has 0 fully saturated rings. The molecule has 152 valence electrons. The maximum Gasteiger partial charge on any atom is 0.417 e. The van der Waals surface area contributed by atoms with Gasteiger partial charge in [-0.05, 0) is 36.6 Å². The molecule has 0 aliphatic carbocycles. The van der Waals surface area contributed by atoms with Crippen molar-refractivity contribution in [3.05, 3.63) is 53.1 Å². The largest absolute Gasteiger partial charge is 0.417 e. The van der Waals surface area contributed by atoms with E-state index in [1.807, 2.05) is 0 Å². The Bertz CT molecular complexity index is 982. The molecule has 0 heterocycles. The highest BCUT2D eigenvalue weighted by Crippen LogP contribution is 2.36. The van der Waals surface area contributed by atoms with E-state index < -0.39 is 39.1 Å². The molecule has 2 aromatic rings. The highest BCUT2D eigenvalue weighted by Gasteiger charge is 2.39. The van der Waals surface area contributed by atoms with Gasteiger partial charge in [0.25, 0.3) is 0 Å². The second kappa shape index (κ2) is 8.73. The number of alkyl halides is 3. The van der Waals surface area contributed by atoms with Gasteiger partial charge in [0.1, 0.15) is 0 Å². The molecule has 0 aliphatic rings. The summed E-state index contributed by atoms with van der Waals surface area (Å²) in [5.74, 6) is -0.685. The molecule has 0 aliphatic heterocycles. The number of anilines is 1. The number of carbonyl (C=O) groups excluding carboxylic acids is 1. The molecule has 1 N–H and O–H groups in total. The van der Waals surface area contributed by atoms with E-state index in [2.05, 4.69) is 5.32 Å². The number of likely N-dealkylation sites (N-methyl/N-ethyl adjacent to an activating group) is 1. The van der Waals surface area contributed by atoms with Crippen molar-refractivity contribution in [1.29, 1.82) is 0 Å². The van der Waals surface area contributed by atoms with Gasteiger partial charge in [-0.1, -0.05) is 23.7 Å². The van der Waals surface area contributed by atoms with Gasteiger partial charge in [-0.15, -0.1) is 11.8 Å². The molecule has 0 radical (unpaired) electrons. The Kier molecular flexibility index (Phi) is 7.02. The molecule has 11 heteroatoms. The lowest BCUT2D eigenvalue weighted by Gasteiger charge is -2.20. The van der Waals surface area contributed by atoms with Crippen molar-refractivity contribution in [2.24, 2.45) is 0 Å². The van der Waals surface area contributed by atoms with E-state index in [-0.39, 0.29) is 5.02 Å². The fraction of sp³-hybridized carbons (Fsp3) is 0.235. The van der Waals surface area contributed by atoms with Gasteiger partial charge in [0, 0.05) is 17.0 Å². The van der Waals surface area contributed by atoms with Gasteiger partial charge in [0.15, 0.2) is 0 Å². The Morgan fingerprint density at radius 1 is 1.21 bits per heavy atom. The zero-order valence-electron chi connectivity index (χ0n) is 14.7. The molecule has 28 heavy (non-hydrogen) atoms. The van der Waals surface area contributed by atoms with Crippen molar-refractivity contribution in [2.75, 3.05) is 25.2 Å². The standard InChI is InChI=1S/C17H16ClF3N2O3S2/c1-23(10-16(24)22-13-5-3-4-6-14(13)27-2)28(25,26)15-8-7-11(18)9-12(15)17(19,20)21/h3-9H,10H2,1-2H3,(H,22,24). The lowest BCUT2D eigenvalue weighted by Crippen LogP contribution is -2.36. The topological polar surface area (TPSA) is 66.5 Å². The van der Waals surface area contributed by atoms with Crippen LogP contribution in [-0.2, 0) is 21.0 Å². The highest BCUT2D eigenvalue weighted by atomic mass is 35.5. The van der Waals surface area contributed by atoms with Crippen LogP contribution in [0.5, 0.6) is 0 Å². The van der Waals surface area contributed by atoms with Crippen molar-refractivity contribution in [3.63, 3.8) is 0 Å². The first-order chi connectivity index (χ1) is 13.0. The van der Waals surface area contributed by atoms with Gasteiger partial charge in [-0.3, -0.25) is 4.79 Å². The van der Waals surface area contributed by atoms with E-state index in [0.29, 0.717) is 16.1 Å². The van der Waals surface area contributed by atoms with E-state index in [4.69, 9.17) is 11.6 Å². The summed E-state index contributed by atoms with van der Waals surface area (Å²) in [7, 11) is -3.55. The third-order valence-electron chi connectivity index (χ3n) is 3.68. The van der Waals surface area contributed by atoms with Crippen LogP contribution < -0.4 is 5.32 Å². The molecule has 5 nitrogen and oxygen atoms in total. The van der Waals surface area contributed by atoms with Crippen LogP contribution in [0.2, 0.25) is 5.02 Å². The fourth-order valence-corrected chi connectivity index (χ4v) is 4.38. The van der Waals surface area contributed by atoms with Crippen molar-refractivity contribution >= 4 is 45.0 Å². The van der Waals surface area contributed by atoms with Crippen molar-refractivity contribution in [2.45, 2.75) is 16.0 Å². The Morgan fingerprint density at radius 3 is 2.46 bits per heavy atom. The van der Waals surface area contributed by atoms with Crippen LogP contribution in [0.4, 0.5) is 18.9 Å². The van der Waals surface area contributed by atoms with Crippen LogP contribution in [0, 0.1) is 0 Å². The molecule has 0 aromatic heterocycles. The number of sulfonamides is 1. The lowest BCUT2D eigenvalue weighted by atomic mass is 10.2. The Hall–Kier alpha value is -1.75. The number of amides is 1. The van der Waals surface area contributed by atoms with Crippen LogP contribution in [0.3, 0.4) is 0 Å². The molecule has 0 unspecified atom stereocenters. The molecule has 2 rings (SSSR count). The number of carbonyl (C=O) groups is 1. The highest BCUT2D eigenvalue weighted by molar-refractivity contribution is 7.98. The van der Waals surface area contributed by atoms with Gasteiger partial charge in [0.2, 0.25) is 15.9 Å². The molecular formula is C17H16ClF3N2O3S2. The molecular weight excluding hydrogens is 437 g/mol. The second-order valence-electron chi connectivity index (χ2n) is 5.65. The average Bonchev–Trinajstić information content (AvgIpc) is 2.61. The minimum absolute atomic E-state index is 0.250. The zero-order valence-corrected chi connectivity index (χ0v) is 17.1. The maximum atomic E-state index is 13.2. The molecule has 0 saturated heterocycles. The number of nitrogens with one attached hydrogen (secondary N) is 1. The summed E-state index contributed by atoms with van der Waals surface area (Å²) in [6.07, 6.45) is -3.12. The van der Waals surface area contributed by atoms with Crippen LogP contribution in [0.25, 0.3) is 0 Å². The average molecular weight is 453 g/mol. The van der Waals surface area contributed by atoms with E-state index in [9.17, 15) is 26.4 Å². The first-order valence-corrected chi connectivity index (χ1v) is 10.8. The Labute approximate surface area is 169 Å². The van der Waals surface area contributed by atoms with Gasteiger partial charge in [0.05, 0.1) is 22.7 Å². The van der Waals surface area contributed by atoms with E-state index in [0.717, 1.165) is 24.1 Å². The third-order valence-corrected chi connectivity index (χ3v) is 6.58. The summed E-state index contributed by atoms with van der Waals surface area (Å²) in [6, 6.07) is 9.24. The monoisotopic (exact) mass is 452 g/mol. The summed E-state index contributed by atoms with van der Waals surface area (Å²) >= 11 is 6.96. The zero-order chi connectivity index (χ0) is 21.1. The predicted octanol–water partition coefficient (Wildman–Crippen LogP) is 4.34. The number of nitrogens with zero attached hydrogens (tertiary/aromatic N) is 1. The number of hydrogen-bond acceptors (Lipinski definition) is 4. The third kappa shape index (κ3) is 5.19.